The van der Waals surface area contributed by atoms with Crippen LogP contribution in [0.1, 0.15) is 37.4 Å². The SMILES string of the molecule is O=C(c1ccc(N2CCc3ccccc3C2)cc1)N1CCN(C(=O)c2ccccc2C(F)(F)F)CC1. The van der Waals surface area contributed by atoms with Gasteiger partial charge in [0.15, 0.2) is 0 Å². The number of alkyl halides is 3. The first kappa shape index (κ1) is 23.9. The molecule has 1 fully saturated rings. The monoisotopic (exact) mass is 493 g/mol. The highest BCUT2D eigenvalue weighted by Crippen LogP contribution is 2.32. The molecule has 3 aromatic carbocycles. The molecule has 0 atom stereocenters. The van der Waals surface area contributed by atoms with Gasteiger partial charge in [0.1, 0.15) is 0 Å². The Kier molecular flexibility index (Phi) is 6.43. The Hall–Kier alpha value is -3.81. The van der Waals surface area contributed by atoms with Crippen LogP contribution < -0.4 is 4.90 Å². The molecule has 0 radical (unpaired) electrons. The summed E-state index contributed by atoms with van der Waals surface area (Å²) in [6.45, 7) is 2.64. The third-order valence-electron chi connectivity index (χ3n) is 6.93. The summed E-state index contributed by atoms with van der Waals surface area (Å²) in [7, 11) is 0. The number of halogens is 3. The lowest BCUT2D eigenvalue weighted by molar-refractivity contribution is -0.138. The summed E-state index contributed by atoms with van der Waals surface area (Å²) in [5, 5.41) is 0. The largest absolute Gasteiger partial charge is 0.417 e. The van der Waals surface area contributed by atoms with Crippen molar-refractivity contribution < 1.29 is 22.8 Å². The molecule has 0 aliphatic carbocycles. The van der Waals surface area contributed by atoms with Crippen molar-refractivity contribution in [3.05, 3.63) is 101 Å². The van der Waals surface area contributed by atoms with Gasteiger partial charge in [-0.3, -0.25) is 9.59 Å². The van der Waals surface area contributed by atoms with Crippen LogP contribution in [-0.4, -0.2) is 54.3 Å². The van der Waals surface area contributed by atoms with Gasteiger partial charge in [-0.1, -0.05) is 36.4 Å². The van der Waals surface area contributed by atoms with Gasteiger partial charge in [0.25, 0.3) is 11.8 Å². The first-order valence-corrected chi connectivity index (χ1v) is 12.0. The second-order valence-corrected chi connectivity index (χ2v) is 9.11. The zero-order chi connectivity index (χ0) is 25.3. The molecule has 0 aromatic heterocycles. The number of carbonyl (C=O) groups excluding carboxylic acids is 2. The Morgan fingerprint density at radius 3 is 1.92 bits per heavy atom. The number of rotatable bonds is 3. The molecule has 2 aliphatic heterocycles. The number of piperazine rings is 1. The summed E-state index contributed by atoms with van der Waals surface area (Å²) in [6.07, 6.45) is -3.62. The molecule has 0 N–H and O–H groups in total. The van der Waals surface area contributed by atoms with Gasteiger partial charge in [-0.2, -0.15) is 13.2 Å². The van der Waals surface area contributed by atoms with E-state index in [1.165, 1.54) is 34.2 Å². The second kappa shape index (κ2) is 9.68. The molecular weight excluding hydrogens is 467 g/mol. The molecule has 2 amide bonds. The average molecular weight is 494 g/mol. The molecule has 1 saturated heterocycles. The normalized spacial score (nSPS) is 16.0. The van der Waals surface area contributed by atoms with Gasteiger partial charge in [0.2, 0.25) is 0 Å². The number of hydrogen-bond donors (Lipinski definition) is 0. The molecule has 0 saturated carbocycles. The number of hydrogen-bond acceptors (Lipinski definition) is 3. The Bertz CT molecular complexity index is 1270. The van der Waals surface area contributed by atoms with Crippen molar-refractivity contribution >= 4 is 17.5 Å². The van der Waals surface area contributed by atoms with E-state index in [4.69, 9.17) is 0 Å². The van der Waals surface area contributed by atoms with Crippen LogP contribution in [0, 0.1) is 0 Å². The van der Waals surface area contributed by atoms with Gasteiger partial charge in [-0.05, 0) is 53.9 Å². The van der Waals surface area contributed by atoms with Crippen molar-refractivity contribution in [1.29, 1.82) is 0 Å². The topological polar surface area (TPSA) is 43.9 Å². The molecule has 2 heterocycles. The van der Waals surface area contributed by atoms with Gasteiger partial charge < -0.3 is 14.7 Å². The van der Waals surface area contributed by atoms with Crippen molar-refractivity contribution in [1.82, 2.24) is 9.80 Å². The van der Waals surface area contributed by atoms with Crippen LogP contribution in [0.25, 0.3) is 0 Å². The molecule has 0 bridgehead atoms. The van der Waals surface area contributed by atoms with Crippen LogP contribution in [-0.2, 0) is 19.1 Å². The maximum atomic E-state index is 13.3. The fourth-order valence-electron chi connectivity index (χ4n) is 4.91. The Morgan fingerprint density at radius 1 is 0.667 bits per heavy atom. The predicted molar refractivity (Wildman–Crippen MR) is 131 cm³/mol. The molecule has 8 heteroatoms. The van der Waals surface area contributed by atoms with Crippen molar-refractivity contribution in [3.8, 4) is 0 Å². The minimum Gasteiger partial charge on any atom is -0.367 e. The molecule has 186 valence electrons. The zero-order valence-electron chi connectivity index (χ0n) is 19.7. The first-order valence-electron chi connectivity index (χ1n) is 12.0. The van der Waals surface area contributed by atoms with E-state index >= 15 is 0 Å². The van der Waals surface area contributed by atoms with Crippen LogP contribution in [0.3, 0.4) is 0 Å². The van der Waals surface area contributed by atoms with E-state index in [9.17, 15) is 22.8 Å². The van der Waals surface area contributed by atoms with Crippen LogP contribution in [0.4, 0.5) is 18.9 Å². The van der Waals surface area contributed by atoms with Gasteiger partial charge in [-0.25, -0.2) is 0 Å². The summed E-state index contributed by atoms with van der Waals surface area (Å²) in [5.74, 6) is -0.809. The lowest BCUT2D eigenvalue weighted by atomic mass is 9.99. The Balaban J connectivity index is 1.20. The van der Waals surface area contributed by atoms with Crippen molar-refractivity contribution in [2.45, 2.75) is 19.1 Å². The lowest BCUT2D eigenvalue weighted by Crippen LogP contribution is -2.50. The Labute approximate surface area is 207 Å². The summed E-state index contributed by atoms with van der Waals surface area (Å²) in [5.41, 5.74) is 3.00. The highest BCUT2D eigenvalue weighted by Gasteiger charge is 2.36. The van der Waals surface area contributed by atoms with Gasteiger partial charge in [0.05, 0.1) is 11.1 Å². The summed E-state index contributed by atoms with van der Waals surface area (Å²) in [4.78, 5) is 31.2. The van der Waals surface area contributed by atoms with Gasteiger partial charge >= 0.3 is 6.18 Å². The summed E-state index contributed by atoms with van der Waals surface area (Å²) < 4.78 is 40.0. The molecule has 5 rings (SSSR count). The number of fused-ring (bicyclic) bond motifs is 1. The fraction of sp³-hybridized carbons (Fsp3) is 0.286. The van der Waals surface area contributed by atoms with E-state index in [0.717, 1.165) is 31.3 Å². The van der Waals surface area contributed by atoms with Gasteiger partial charge in [-0.15, -0.1) is 0 Å². The third kappa shape index (κ3) is 4.80. The minimum atomic E-state index is -4.60. The van der Waals surface area contributed by atoms with E-state index in [-0.39, 0.29) is 37.6 Å². The summed E-state index contributed by atoms with van der Waals surface area (Å²) >= 11 is 0. The number of nitrogens with zero attached hydrogens (tertiary/aromatic N) is 3. The molecule has 3 aromatic rings. The number of carbonyl (C=O) groups is 2. The fourth-order valence-corrected chi connectivity index (χ4v) is 4.91. The molecular formula is C28H26F3N3O2. The molecule has 0 unspecified atom stereocenters. The molecule has 5 nitrogen and oxygen atoms in total. The predicted octanol–water partition coefficient (Wildman–Crippen LogP) is 4.87. The van der Waals surface area contributed by atoms with E-state index in [1.807, 2.05) is 30.3 Å². The van der Waals surface area contributed by atoms with Crippen LogP contribution in [0.15, 0.2) is 72.8 Å². The van der Waals surface area contributed by atoms with Crippen molar-refractivity contribution in [2.24, 2.45) is 0 Å². The molecule has 2 aliphatic rings. The van der Waals surface area contributed by atoms with Crippen LogP contribution in [0.2, 0.25) is 0 Å². The minimum absolute atomic E-state index is 0.145. The molecule has 36 heavy (non-hydrogen) atoms. The number of anilines is 1. The maximum Gasteiger partial charge on any atom is 0.417 e. The number of benzene rings is 3. The quantitative estimate of drug-likeness (QED) is 0.523. The Morgan fingerprint density at radius 2 is 1.25 bits per heavy atom. The standard InChI is InChI=1S/C28H26F3N3O2/c29-28(30,31)25-8-4-3-7-24(25)27(36)33-17-15-32(16-18-33)26(35)21-9-11-23(12-10-21)34-14-13-20-5-1-2-6-22(20)19-34/h1-12H,13-19H2. The first-order chi connectivity index (χ1) is 17.3. The van der Waals surface area contributed by atoms with Gasteiger partial charge in [0, 0.05) is 50.5 Å². The lowest BCUT2D eigenvalue weighted by Gasteiger charge is -2.35. The average Bonchev–Trinajstić information content (AvgIpc) is 2.91. The highest BCUT2D eigenvalue weighted by atomic mass is 19.4. The van der Waals surface area contributed by atoms with Crippen molar-refractivity contribution in [2.75, 3.05) is 37.6 Å². The summed E-state index contributed by atoms with van der Waals surface area (Å²) in [6, 6.07) is 20.8. The zero-order valence-corrected chi connectivity index (χ0v) is 19.7. The third-order valence-corrected chi connectivity index (χ3v) is 6.93. The number of amides is 2. The highest BCUT2D eigenvalue weighted by molar-refractivity contribution is 5.97. The van der Waals surface area contributed by atoms with E-state index in [2.05, 4.69) is 23.1 Å². The van der Waals surface area contributed by atoms with E-state index in [0.29, 0.717) is 5.56 Å². The van der Waals surface area contributed by atoms with Crippen LogP contribution >= 0.6 is 0 Å². The smallest absolute Gasteiger partial charge is 0.367 e. The van der Waals surface area contributed by atoms with E-state index < -0.39 is 17.6 Å². The second-order valence-electron chi connectivity index (χ2n) is 9.11. The van der Waals surface area contributed by atoms with E-state index in [1.54, 1.807) is 4.90 Å². The maximum absolute atomic E-state index is 13.3. The molecule has 0 spiro atoms. The van der Waals surface area contributed by atoms with Crippen molar-refractivity contribution in [3.63, 3.8) is 0 Å². The van der Waals surface area contributed by atoms with Crippen LogP contribution in [0.5, 0.6) is 0 Å².